The third-order valence-electron chi connectivity index (χ3n) is 0. The SMILES string of the molecule is [Ca+2].[Ca+2].[Ca+2].[O]=[GeH][O-].[O]=[GeH][O-].[O]=[GeH][O-].[O]=[GeH][O-].[O]=[GeH][O-].[O]=[GeH][O-]. The van der Waals surface area contributed by atoms with E-state index in [0.29, 0.717) is 0 Å². The molecule has 108 valence electrons. The van der Waals surface area contributed by atoms with Gasteiger partial charge >= 0.3 is 255 Å². The summed E-state index contributed by atoms with van der Waals surface area (Å²) in [5.41, 5.74) is 0. The van der Waals surface area contributed by atoms with Crippen molar-refractivity contribution in [3.05, 3.63) is 0 Å². The van der Waals surface area contributed by atoms with Crippen molar-refractivity contribution in [2.45, 2.75) is 0 Å². The van der Waals surface area contributed by atoms with E-state index in [0.717, 1.165) is 0 Å². The normalized spacial score (nSPS) is 3.43. The molecule has 21 heteroatoms. The first-order chi connectivity index (χ1) is 8.49. The zero-order valence-corrected chi connectivity index (χ0v) is 31.6. The number of hydrogen-bond acceptors (Lipinski definition) is 12. The fourth-order valence-electron chi connectivity index (χ4n) is 0. The van der Waals surface area contributed by atoms with Crippen LogP contribution in [0.25, 0.3) is 0 Å². The van der Waals surface area contributed by atoms with Crippen LogP contribution >= 0.6 is 0 Å². The minimum absolute atomic E-state index is 0. The van der Waals surface area contributed by atoms with E-state index in [4.69, 9.17) is 47.5 Å². The van der Waals surface area contributed by atoms with E-state index in [1.165, 1.54) is 0 Å². The molecule has 0 N–H and O–H groups in total. The Balaban J connectivity index is -0.0000000114. The average molecular weight is 754 g/mol. The third kappa shape index (κ3) is 587. The van der Waals surface area contributed by atoms with Crippen LogP contribution in [0.2, 0.25) is 0 Å². The van der Waals surface area contributed by atoms with E-state index in [1.54, 1.807) is 0 Å². The van der Waals surface area contributed by atoms with Crippen LogP contribution in [0, 0.1) is 0 Å². The van der Waals surface area contributed by atoms with Gasteiger partial charge < -0.3 is 0 Å². The summed E-state index contributed by atoms with van der Waals surface area (Å²) in [4.78, 5) is 0. The van der Waals surface area contributed by atoms with Crippen LogP contribution in [-0.2, 0) is 22.7 Å². The van der Waals surface area contributed by atoms with Gasteiger partial charge in [0.05, 0.1) is 0 Å². The molecular formula is H6Ca3Ge6O12. The monoisotopic (exact) mass is 761 g/mol. The predicted molar refractivity (Wildman–Crippen MR) is 64.3 cm³/mol. The Kier molecular flexibility index (Phi) is 326. The van der Waals surface area contributed by atoms with Gasteiger partial charge in [-0.25, -0.2) is 0 Å². The van der Waals surface area contributed by atoms with Gasteiger partial charge in [0.2, 0.25) is 0 Å². The maximum atomic E-state index is 8.53. The molecule has 0 unspecified atom stereocenters. The first-order valence-electron chi connectivity index (χ1n) is 2.83. The standard InChI is InChI=1S/3Ca.6GeHO2/c;;;6*2-1-3/h;;;6*1H/q3*+2;6*-1. The van der Waals surface area contributed by atoms with Crippen molar-refractivity contribution in [1.29, 1.82) is 0 Å². The van der Waals surface area contributed by atoms with Gasteiger partial charge in [0.15, 0.2) is 0 Å². The first-order valence-corrected chi connectivity index (χ1v) is 14.7. The van der Waals surface area contributed by atoms with Crippen molar-refractivity contribution in [3.8, 4) is 0 Å². The van der Waals surface area contributed by atoms with Gasteiger partial charge in [-0.3, -0.25) is 0 Å². The van der Waals surface area contributed by atoms with Crippen molar-refractivity contribution in [1.82, 2.24) is 0 Å². The van der Waals surface area contributed by atoms with Crippen molar-refractivity contribution in [2.24, 2.45) is 0 Å². The van der Waals surface area contributed by atoms with Crippen molar-refractivity contribution >= 4 is 207 Å². The van der Waals surface area contributed by atoms with Crippen LogP contribution in [0.15, 0.2) is 0 Å². The van der Waals surface area contributed by atoms with Gasteiger partial charge in [-0.05, 0) is 0 Å². The second-order valence-electron chi connectivity index (χ2n) is 0.577. The summed E-state index contributed by atoms with van der Waals surface area (Å²) >= 11 is -13.1. The Labute approximate surface area is 248 Å². The molecule has 0 amide bonds. The molecule has 0 heterocycles. The van der Waals surface area contributed by atoms with E-state index < -0.39 is 94.2 Å². The predicted octanol–water partition coefficient (Wildman–Crippen LogP) is -12.9. The zero-order chi connectivity index (χ0) is 16.2. The second-order valence-corrected chi connectivity index (χ2v) is 3.00. The number of rotatable bonds is 0. The Bertz CT molecular complexity index is 121. The van der Waals surface area contributed by atoms with Crippen LogP contribution in [0.3, 0.4) is 0 Å². The molecular weight excluding hydrogens is 748 g/mol. The molecule has 12 nitrogen and oxygen atoms in total. The maximum absolute atomic E-state index is 8.53. The van der Waals surface area contributed by atoms with Crippen molar-refractivity contribution in [2.75, 3.05) is 0 Å². The van der Waals surface area contributed by atoms with Crippen molar-refractivity contribution < 1.29 is 47.5 Å². The summed E-state index contributed by atoms with van der Waals surface area (Å²) in [5.74, 6) is 0. The summed E-state index contributed by atoms with van der Waals surface area (Å²) in [6, 6.07) is 0. The van der Waals surface area contributed by atoms with E-state index in [9.17, 15) is 0 Å². The van der Waals surface area contributed by atoms with Gasteiger partial charge in [-0.15, -0.1) is 0 Å². The van der Waals surface area contributed by atoms with Gasteiger partial charge in [0.1, 0.15) is 0 Å². The Morgan fingerprint density at radius 1 is 0.333 bits per heavy atom. The van der Waals surface area contributed by atoms with E-state index in [2.05, 4.69) is 0 Å². The molecule has 0 fully saturated rings. The molecule has 0 saturated carbocycles. The molecule has 0 aromatic rings. The molecule has 0 aromatic carbocycles. The van der Waals surface area contributed by atoms with Gasteiger partial charge in [-0.1, -0.05) is 0 Å². The molecule has 0 radical (unpaired) electrons. The van der Waals surface area contributed by atoms with Crippen LogP contribution in [0.4, 0.5) is 0 Å². The number of hydrogen-bond donors (Lipinski definition) is 0. The van der Waals surface area contributed by atoms with Gasteiger partial charge in [0, 0.05) is 0 Å². The molecule has 0 saturated heterocycles. The summed E-state index contributed by atoms with van der Waals surface area (Å²) in [5, 5.41) is 0. The molecule has 0 rings (SSSR count). The average Bonchev–Trinajstić information content (AvgIpc) is 2.23. The fraction of sp³-hybridized carbons (Fsp3) is 0. The molecule has 0 aliphatic rings. The fourth-order valence-corrected chi connectivity index (χ4v) is 0. The van der Waals surface area contributed by atoms with Gasteiger partial charge in [0.25, 0.3) is 0 Å². The second kappa shape index (κ2) is 122. The molecule has 21 heavy (non-hydrogen) atoms. The molecule has 0 bridgehead atoms. The quantitative estimate of drug-likeness (QED) is 0.210. The zero-order valence-electron chi connectivity index (χ0n) is 10.5. The molecule has 0 aliphatic heterocycles. The van der Waals surface area contributed by atoms with E-state index >= 15 is 0 Å². The minimum atomic E-state index is -2.19. The summed E-state index contributed by atoms with van der Waals surface area (Å²) in [6.07, 6.45) is 0. The molecule has 0 spiro atoms. The van der Waals surface area contributed by atoms with Crippen LogP contribution < -0.4 is 24.8 Å². The molecule has 0 aliphatic carbocycles. The van der Waals surface area contributed by atoms with Crippen molar-refractivity contribution in [3.63, 3.8) is 0 Å². The van der Waals surface area contributed by atoms with Crippen LogP contribution in [-0.4, -0.2) is 207 Å². The van der Waals surface area contributed by atoms with Crippen LogP contribution in [0.1, 0.15) is 0 Å². The topological polar surface area (TPSA) is 241 Å². The summed E-state index contributed by atoms with van der Waals surface area (Å²) in [7, 11) is 0. The Hall–Kier alpha value is 4.64. The van der Waals surface area contributed by atoms with E-state index in [1.807, 2.05) is 0 Å². The summed E-state index contributed by atoms with van der Waals surface area (Å²) < 4.78 is 102. The Morgan fingerprint density at radius 3 is 0.333 bits per heavy atom. The third-order valence-corrected chi connectivity index (χ3v) is 0. The molecule has 0 atom stereocenters. The Morgan fingerprint density at radius 2 is 0.333 bits per heavy atom. The van der Waals surface area contributed by atoms with E-state index in [-0.39, 0.29) is 113 Å². The summed E-state index contributed by atoms with van der Waals surface area (Å²) in [6.45, 7) is 0. The molecule has 0 aromatic heterocycles. The van der Waals surface area contributed by atoms with Crippen LogP contribution in [0.5, 0.6) is 0 Å². The van der Waals surface area contributed by atoms with Gasteiger partial charge in [-0.2, -0.15) is 0 Å². The first kappa shape index (κ1) is 56.2.